The predicted molar refractivity (Wildman–Crippen MR) is 92.9 cm³/mol. The van der Waals surface area contributed by atoms with E-state index in [0.29, 0.717) is 17.9 Å². The van der Waals surface area contributed by atoms with Crippen LogP contribution < -0.4 is 0 Å². The topological polar surface area (TPSA) is 55.6 Å². The van der Waals surface area contributed by atoms with Crippen molar-refractivity contribution in [2.24, 2.45) is 0 Å². The molecule has 0 unspecified atom stereocenters. The van der Waals surface area contributed by atoms with E-state index in [1.165, 1.54) is 0 Å². The molecule has 0 aliphatic heterocycles. The van der Waals surface area contributed by atoms with Crippen LogP contribution in [0.25, 0.3) is 22.2 Å². The van der Waals surface area contributed by atoms with Crippen LogP contribution >= 0.6 is 0 Å². The second-order valence-corrected chi connectivity index (χ2v) is 5.83. The Morgan fingerprint density at radius 3 is 2.71 bits per heavy atom. The first kappa shape index (κ1) is 16.2. The van der Waals surface area contributed by atoms with Gasteiger partial charge in [0.05, 0.1) is 18.0 Å². The number of carbonyl (C=O) groups excluding carboxylic acids is 1. The fourth-order valence-corrected chi connectivity index (χ4v) is 2.63. The largest absolute Gasteiger partial charge is 0.383 e. The van der Waals surface area contributed by atoms with E-state index in [0.717, 1.165) is 16.5 Å². The van der Waals surface area contributed by atoms with Crippen LogP contribution in [-0.4, -0.2) is 42.8 Å². The van der Waals surface area contributed by atoms with Gasteiger partial charge in [-0.05, 0) is 25.1 Å². The molecular formula is C19H20N2O3. The molecule has 24 heavy (non-hydrogen) atoms. The third kappa shape index (κ3) is 3.03. The van der Waals surface area contributed by atoms with E-state index in [4.69, 9.17) is 9.26 Å². The quantitative estimate of drug-likeness (QED) is 0.719. The molecule has 1 heterocycles. The monoisotopic (exact) mass is 324 g/mol. The normalized spacial score (nSPS) is 12.3. The number of methoxy groups -OCH3 is 1. The SMILES string of the molecule is COC[C@H](C)N(C)C(=O)c1ccc2noc(-c3ccccc3)c2c1. The number of carbonyl (C=O) groups is 1. The summed E-state index contributed by atoms with van der Waals surface area (Å²) in [7, 11) is 3.41. The number of aromatic nitrogens is 1. The highest BCUT2D eigenvalue weighted by atomic mass is 16.5. The third-order valence-electron chi connectivity index (χ3n) is 4.15. The van der Waals surface area contributed by atoms with Gasteiger partial charge in [-0.15, -0.1) is 0 Å². The lowest BCUT2D eigenvalue weighted by atomic mass is 10.1. The molecule has 1 amide bonds. The summed E-state index contributed by atoms with van der Waals surface area (Å²) in [6.45, 7) is 2.45. The molecule has 1 atom stereocenters. The summed E-state index contributed by atoms with van der Waals surface area (Å²) in [4.78, 5) is 14.4. The van der Waals surface area contributed by atoms with E-state index in [9.17, 15) is 4.79 Å². The molecule has 0 aliphatic carbocycles. The van der Waals surface area contributed by atoms with Gasteiger partial charge in [0.25, 0.3) is 5.91 Å². The Morgan fingerprint density at radius 2 is 2.00 bits per heavy atom. The lowest BCUT2D eigenvalue weighted by molar-refractivity contribution is 0.0633. The van der Waals surface area contributed by atoms with Crippen LogP contribution in [0.3, 0.4) is 0 Å². The summed E-state index contributed by atoms with van der Waals surface area (Å²) in [6, 6.07) is 15.2. The van der Waals surface area contributed by atoms with E-state index in [1.807, 2.05) is 49.4 Å². The lowest BCUT2D eigenvalue weighted by Gasteiger charge is -2.24. The van der Waals surface area contributed by atoms with Crippen molar-refractivity contribution in [1.29, 1.82) is 0 Å². The Bertz CT molecular complexity index is 842. The Kier molecular flexibility index (Phi) is 4.62. The number of ether oxygens (including phenoxy) is 1. The van der Waals surface area contributed by atoms with Crippen LogP contribution in [-0.2, 0) is 4.74 Å². The van der Waals surface area contributed by atoms with E-state index < -0.39 is 0 Å². The number of likely N-dealkylation sites (N-methyl/N-ethyl adjacent to an activating group) is 1. The van der Waals surface area contributed by atoms with Crippen molar-refractivity contribution in [3.05, 3.63) is 54.1 Å². The standard InChI is InChI=1S/C19H20N2O3/c1-13(12-23-3)21(2)19(22)15-9-10-17-16(11-15)18(24-20-17)14-7-5-4-6-8-14/h4-11,13H,12H2,1-3H3/t13-/m0/s1. The smallest absolute Gasteiger partial charge is 0.253 e. The van der Waals surface area contributed by atoms with Gasteiger partial charge in [0.1, 0.15) is 5.52 Å². The predicted octanol–water partition coefficient (Wildman–Crippen LogP) is 3.60. The summed E-state index contributed by atoms with van der Waals surface area (Å²) in [6.07, 6.45) is 0. The highest BCUT2D eigenvalue weighted by Gasteiger charge is 2.19. The molecule has 2 aromatic carbocycles. The number of benzene rings is 2. The second-order valence-electron chi connectivity index (χ2n) is 5.83. The Morgan fingerprint density at radius 1 is 1.25 bits per heavy atom. The maximum atomic E-state index is 12.7. The first-order valence-electron chi connectivity index (χ1n) is 7.82. The molecule has 3 aromatic rings. The minimum atomic E-state index is -0.0540. The number of rotatable bonds is 5. The molecule has 1 aromatic heterocycles. The Hall–Kier alpha value is -2.66. The number of hydrogen-bond donors (Lipinski definition) is 0. The van der Waals surface area contributed by atoms with Crippen LogP contribution in [0.4, 0.5) is 0 Å². The number of amides is 1. The lowest BCUT2D eigenvalue weighted by Crippen LogP contribution is -2.37. The summed E-state index contributed by atoms with van der Waals surface area (Å²) in [5.41, 5.74) is 2.28. The number of fused-ring (bicyclic) bond motifs is 1. The first-order chi connectivity index (χ1) is 11.6. The van der Waals surface area contributed by atoms with Gasteiger partial charge in [0.15, 0.2) is 5.76 Å². The van der Waals surface area contributed by atoms with Crippen molar-refractivity contribution in [1.82, 2.24) is 10.1 Å². The van der Waals surface area contributed by atoms with E-state index in [-0.39, 0.29) is 11.9 Å². The fourth-order valence-electron chi connectivity index (χ4n) is 2.63. The zero-order chi connectivity index (χ0) is 17.1. The average molecular weight is 324 g/mol. The average Bonchev–Trinajstić information content (AvgIpc) is 3.04. The molecule has 0 fully saturated rings. The van der Waals surface area contributed by atoms with Crippen molar-refractivity contribution in [2.75, 3.05) is 20.8 Å². The van der Waals surface area contributed by atoms with Crippen LogP contribution in [0.15, 0.2) is 53.1 Å². The van der Waals surface area contributed by atoms with Crippen LogP contribution in [0, 0.1) is 0 Å². The molecule has 5 heteroatoms. The molecule has 5 nitrogen and oxygen atoms in total. The molecule has 0 saturated carbocycles. The Labute approximate surface area is 140 Å². The maximum absolute atomic E-state index is 12.7. The fraction of sp³-hybridized carbons (Fsp3) is 0.263. The minimum absolute atomic E-state index is 0.00531. The van der Waals surface area contributed by atoms with Crippen molar-refractivity contribution in [3.8, 4) is 11.3 Å². The minimum Gasteiger partial charge on any atom is -0.383 e. The Balaban J connectivity index is 1.98. The zero-order valence-electron chi connectivity index (χ0n) is 14.0. The van der Waals surface area contributed by atoms with Crippen molar-refractivity contribution in [3.63, 3.8) is 0 Å². The van der Waals surface area contributed by atoms with Gasteiger partial charge >= 0.3 is 0 Å². The van der Waals surface area contributed by atoms with Gasteiger partial charge in [-0.25, -0.2) is 0 Å². The second kappa shape index (κ2) is 6.84. The van der Waals surface area contributed by atoms with Crippen molar-refractivity contribution >= 4 is 16.8 Å². The highest BCUT2D eigenvalue weighted by Crippen LogP contribution is 2.29. The van der Waals surface area contributed by atoms with E-state index in [2.05, 4.69) is 5.16 Å². The first-order valence-corrected chi connectivity index (χ1v) is 7.82. The molecule has 0 saturated heterocycles. The van der Waals surface area contributed by atoms with Gasteiger partial charge < -0.3 is 14.2 Å². The van der Waals surface area contributed by atoms with Gasteiger partial charge in [0, 0.05) is 25.3 Å². The molecule has 124 valence electrons. The summed E-state index contributed by atoms with van der Waals surface area (Å²) in [5.74, 6) is 0.620. The molecular weight excluding hydrogens is 304 g/mol. The van der Waals surface area contributed by atoms with Gasteiger partial charge in [-0.1, -0.05) is 35.5 Å². The van der Waals surface area contributed by atoms with Gasteiger partial charge in [-0.2, -0.15) is 0 Å². The summed E-state index contributed by atoms with van der Waals surface area (Å²) >= 11 is 0. The molecule has 0 radical (unpaired) electrons. The zero-order valence-corrected chi connectivity index (χ0v) is 14.0. The molecule has 3 rings (SSSR count). The van der Waals surface area contributed by atoms with Gasteiger partial charge in [-0.3, -0.25) is 4.79 Å². The number of nitrogens with zero attached hydrogens (tertiary/aromatic N) is 2. The number of hydrogen-bond acceptors (Lipinski definition) is 4. The van der Waals surface area contributed by atoms with E-state index in [1.54, 1.807) is 25.1 Å². The molecule has 0 N–H and O–H groups in total. The maximum Gasteiger partial charge on any atom is 0.253 e. The molecule has 0 aliphatic rings. The molecule has 0 spiro atoms. The van der Waals surface area contributed by atoms with E-state index >= 15 is 0 Å². The van der Waals surface area contributed by atoms with Crippen LogP contribution in [0.1, 0.15) is 17.3 Å². The highest BCUT2D eigenvalue weighted by molar-refractivity contribution is 6.01. The van der Waals surface area contributed by atoms with Gasteiger partial charge in [0.2, 0.25) is 0 Å². The summed E-state index contributed by atoms with van der Waals surface area (Å²) in [5, 5.41) is 4.92. The van der Waals surface area contributed by atoms with Crippen LogP contribution in [0.2, 0.25) is 0 Å². The summed E-state index contributed by atoms with van der Waals surface area (Å²) < 4.78 is 10.6. The van der Waals surface area contributed by atoms with Crippen molar-refractivity contribution < 1.29 is 14.1 Å². The van der Waals surface area contributed by atoms with Crippen LogP contribution in [0.5, 0.6) is 0 Å². The third-order valence-corrected chi connectivity index (χ3v) is 4.15. The van der Waals surface area contributed by atoms with Crippen molar-refractivity contribution in [2.45, 2.75) is 13.0 Å². The molecule has 0 bridgehead atoms.